The van der Waals surface area contributed by atoms with Gasteiger partial charge in [0.2, 0.25) is 5.91 Å². The Bertz CT molecular complexity index is 395. The molecule has 0 radical (unpaired) electrons. The van der Waals surface area contributed by atoms with Crippen LogP contribution < -0.4 is 5.32 Å². The fourth-order valence-corrected chi connectivity index (χ4v) is 1.17. The predicted octanol–water partition coefficient (Wildman–Crippen LogP) is 1.20. The number of aromatic nitrogens is 1. The van der Waals surface area contributed by atoms with E-state index < -0.39 is 4.92 Å². The number of nitro groups is 1. The van der Waals surface area contributed by atoms with Crippen LogP contribution in [0.25, 0.3) is 0 Å². The number of amides is 1. The van der Waals surface area contributed by atoms with E-state index in [4.69, 9.17) is 0 Å². The molecule has 0 aliphatic rings. The fraction of sp³-hybridized carbons (Fsp3) is 0.375. The molecular formula is C8H11N3O3. The van der Waals surface area contributed by atoms with E-state index in [1.165, 1.54) is 17.6 Å². The van der Waals surface area contributed by atoms with Gasteiger partial charge in [-0.3, -0.25) is 4.79 Å². The van der Waals surface area contributed by atoms with Crippen molar-refractivity contribution in [1.82, 2.24) is 4.57 Å². The summed E-state index contributed by atoms with van der Waals surface area (Å²) in [5.41, 5.74) is 1.14. The van der Waals surface area contributed by atoms with Gasteiger partial charge >= 0.3 is 5.82 Å². The summed E-state index contributed by atoms with van der Waals surface area (Å²) in [6, 6.07) is 1.34. The van der Waals surface area contributed by atoms with Crippen molar-refractivity contribution in [3.05, 3.63) is 21.9 Å². The van der Waals surface area contributed by atoms with Gasteiger partial charge in [-0.25, -0.2) is 4.57 Å². The minimum atomic E-state index is -0.488. The second-order valence-corrected chi connectivity index (χ2v) is 3.00. The van der Waals surface area contributed by atoms with Gasteiger partial charge in [0, 0.05) is 6.92 Å². The van der Waals surface area contributed by atoms with Crippen LogP contribution in [-0.4, -0.2) is 15.4 Å². The molecule has 1 rings (SSSR count). The van der Waals surface area contributed by atoms with Crippen LogP contribution in [0.15, 0.2) is 6.07 Å². The minimum absolute atomic E-state index is 0.0359. The van der Waals surface area contributed by atoms with Crippen LogP contribution in [0.2, 0.25) is 0 Å². The molecule has 76 valence electrons. The summed E-state index contributed by atoms with van der Waals surface area (Å²) in [6.07, 6.45) is 0. The first-order chi connectivity index (χ1) is 6.43. The summed E-state index contributed by atoms with van der Waals surface area (Å²) >= 11 is 0. The van der Waals surface area contributed by atoms with Crippen LogP contribution in [-0.2, 0) is 11.8 Å². The normalized spacial score (nSPS) is 9.93. The van der Waals surface area contributed by atoms with Gasteiger partial charge in [0.25, 0.3) is 0 Å². The van der Waals surface area contributed by atoms with Crippen LogP contribution >= 0.6 is 0 Å². The zero-order valence-corrected chi connectivity index (χ0v) is 8.20. The third kappa shape index (κ3) is 1.73. The maximum Gasteiger partial charge on any atom is 0.325 e. The Balaban J connectivity index is 3.15. The molecule has 0 atom stereocenters. The number of nitrogens with one attached hydrogen (secondary N) is 1. The zero-order chi connectivity index (χ0) is 10.9. The average molecular weight is 197 g/mol. The Morgan fingerprint density at radius 3 is 2.57 bits per heavy atom. The number of hydrogen-bond donors (Lipinski definition) is 1. The molecule has 0 unspecified atom stereocenters. The molecule has 1 N–H and O–H groups in total. The molecule has 0 aliphatic carbocycles. The molecule has 0 spiro atoms. The van der Waals surface area contributed by atoms with Crippen molar-refractivity contribution in [3.63, 3.8) is 0 Å². The maximum absolute atomic E-state index is 10.8. The molecule has 1 amide bonds. The Morgan fingerprint density at radius 1 is 1.64 bits per heavy atom. The molecule has 0 saturated heterocycles. The first kappa shape index (κ1) is 10.2. The summed E-state index contributed by atoms with van der Waals surface area (Å²) in [5, 5.41) is 13.1. The second kappa shape index (κ2) is 3.49. The van der Waals surface area contributed by atoms with E-state index in [2.05, 4.69) is 5.32 Å². The van der Waals surface area contributed by atoms with Crippen LogP contribution in [0, 0.1) is 17.0 Å². The van der Waals surface area contributed by atoms with Crippen molar-refractivity contribution < 1.29 is 9.72 Å². The van der Waals surface area contributed by atoms with E-state index in [-0.39, 0.29) is 11.7 Å². The van der Waals surface area contributed by atoms with Gasteiger partial charge in [0.15, 0.2) is 0 Å². The highest BCUT2D eigenvalue weighted by Gasteiger charge is 2.18. The van der Waals surface area contributed by atoms with Crippen LogP contribution in [0.4, 0.5) is 11.5 Å². The monoisotopic (exact) mass is 197 g/mol. The van der Waals surface area contributed by atoms with Crippen molar-refractivity contribution in [3.8, 4) is 0 Å². The van der Waals surface area contributed by atoms with Gasteiger partial charge in [-0.2, -0.15) is 0 Å². The quantitative estimate of drug-likeness (QED) is 0.571. The first-order valence-corrected chi connectivity index (χ1v) is 4.01. The van der Waals surface area contributed by atoms with E-state index in [0.29, 0.717) is 11.4 Å². The lowest BCUT2D eigenvalue weighted by Gasteiger charge is -1.97. The van der Waals surface area contributed by atoms with E-state index in [9.17, 15) is 14.9 Å². The lowest BCUT2D eigenvalue weighted by molar-refractivity contribution is -0.391. The molecule has 6 nitrogen and oxygen atoms in total. The summed E-state index contributed by atoms with van der Waals surface area (Å²) < 4.78 is 1.42. The average Bonchev–Trinajstić information content (AvgIpc) is 2.32. The SMILES string of the molecule is CC(=O)Nc1cc([N+](=O)[O-])n(C)c1C. The van der Waals surface area contributed by atoms with E-state index in [0.717, 1.165) is 0 Å². The molecule has 0 bridgehead atoms. The number of rotatable bonds is 2. The summed E-state index contributed by atoms with van der Waals surface area (Å²) in [7, 11) is 1.58. The van der Waals surface area contributed by atoms with Gasteiger partial charge in [-0.05, 0) is 11.8 Å². The highest BCUT2D eigenvalue weighted by Crippen LogP contribution is 2.24. The Kier molecular flexibility index (Phi) is 2.55. The maximum atomic E-state index is 10.8. The van der Waals surface area contributed by atoms with Crippen molar-refractivity contribution in [1.29, 1.82) is 0 Å². The molecule has 14 heavy (non-hydrogen) atoms. The smallest absolute Gasteiger partial charge is 0.325 e. The summed E-state index contributed by atoms with van der Waals surface area (Å²) in [4.78, 5) is 20.8. The standard InChI is InChI=1S/C8H11N3O3/c1-5-7(9-6(2)12)4-8(10(5)3)11(13)14/h4H,1-3H3,(H,9,12). The van der Waals surface area contributed by atoms with Crippen molar-refractivity contribution in [2.45, 2.75) is 13.8 Å². The van der Waals surface area contributed by atoms with Crippen molar-refractivity contribution >= 4 is 17.4 Å². The molecule has 1 aromatic heterocycles. The second-order valence-electron chi connectivity index (χ2n) is 3.00. The van der Waals surface area contributed by atoms with Gasteiger partial charge in [0.1, 0.15) is 5.69 Å². The fourth-order valence-electron chi connectivity index (χ4n) is 1.17. The van der Waals surface area contributed by atoms with Crippen LogP contribution in [0.3, 0.4) is 0 Å². The molecule has 0 saturated carbocycles. The Labute approximate surface area is 80.7 Å². The van der Waals surface area contributed by atoms with E-state index >= 15 is 0 Å². The third-order valence-electron chi connectivity index (χ3n) is 2.01. The largest absolute Gasteiger partial charge is 0.358 e. The van der Waals surface area contributed by atoms with Gasteiger partial charge in [0.05, 0.1) is 18.8 Å². The van der Waals surface area contributed by atoms with E-state index in [1.54, 1.807) is 14.0 Å². The predicted molar refractivity (Wildman–Crippen MR) is 51.1 cm³/mol. The highest BCUT2D eigenvalue weighted by molar-refractivity contribution is 5.89. The molecular weight excluding hydrogens is 186 g/mol. The number of anilines is 1. The number of carbonyl (C=O) groups is 1. The topological polar surface area (TPSA) is 77.2 Å². The van der Waals surface area contributed by atoms with Crippen LogP contribution in [0.1, 0.15) is 12.6 Å². The number of hydrogen-bond acceptors (Lipinski definition) is 3. The molecule has 1 heterocycles. The summed E-state index contributed by atoms with van der Waals surface area (Å²) in [6.45, 7) is 3.07. The highest BCUT2D eigenvalue weighted by atomic mass is 16.6. The Morgan fingerprint density at radius 2 is 2.21 bits per heavy atom. The van der Waals surface area contributed by atoms with Crippen molar-refractivity contribution in [2.75, 3.05) is 5.32 Å². The van der Waals surface area contributed by atoms with Crippen LogP contribution in [0.5, 0.6) is 0 Å². The van der Waals surface area contributed by atoms with Gasteiger partial charge in [-0.15, -0.1) is 0 Å². The summed E-state index contributed by atoms with van der Waals surface area (Å²) in [5.74, 6) is -0.278. The molecule has 1 aromatic rings. The van der Waals surface area contributed by atoms with Gasteiger partial charge < -0.3 is 15.4 Å². The molecule has 0 aromatic carbocycles. The Hall–Kier alpha value is -1.85. The first-order valence-electron chi connectivity index (χ1n) is 4.01. The molecule has 0 fully saturated rings. The van der Waals surface area contributed by atoms with Crippen molar-refractivity contribution in [2.24, 2.45) is 7.05 Å². The number of nitrogens with zero attached hydrogens (tertiary/aromatic N) is 2. The van der Waals surface area contributed by atoms with Gasteiger partial charge in [-0.1, -0.05) is 0 Å². The van der Waals surface area contributed by atoms with E-state index in [1.807, 2.05) is 0 Å². The third-order valence-corrected chi connectivity index (χ3v) is 2.01. The minimum Gasteiger partial charge on any atom is -0.358 e. The molecule has 0 aliphatic heterocycles. The lowest BCUT2D eigenvalue weighted by Crippen LogP contribution is -2.06. The lowest BCUT2D eigenvalue weighted by atomic mass is 10.4. The number of carbonyl (C=O) groups excluding carboxylic acids is 1. The molecule has 6 heteroatoms. The zero-order valence-electron chi connectivity index (χ0n) is 8.20.